The van der Waals surface area contributed by atoms with E-state index in [2.05, 4.69) is 64.3 Å². The van der Waals surface area contributed by atoms with Crippen molar-refractivity contribution in [2.24, 2.45) is 0 Å². The van der Waals surface area contributed by atoms with Gasteiger partial charge in [-0.2, -0.15) is 0 Å². The molecule has 0 aliphatic rings. The number of hydrogen-bond donors (Lipinski definition) is 1. The number of fused-ring (bicyclic) bond motifs is 3. The number of rotatable bonds is 5. The fourth-order valence-corrected chi connectivity index (χ4v) is 3.84. The molecule has 0 bridgehead atoms. The lowest BCUT2D eigenvalue weighted by atomic mass is 9.98. The zero-order chi connectivity index (χ0) is 20.4. The predicted octanol–water partition coefficient (Wildman–Crippen LogP) is 5.79. The van der Waals surface area contributed by atoms with Crippen molar-refractivity contribution in [2.45, 2.75) is 0 Å². The smallest absolute Gasteiger partial charge is 0.253 e. The molecule has 4 aromatic rings. The third-order valence-electron chi connectivity index (χ3n) is 4.94. The molecule has 3 aromatic carbocycles. The largest absolute Gasteiger partial charge is 0.351 e. The summed E-state index contributed by atoms with van der Waals surface area (Å²) in [7, 11) is 3.98. The van der Waals surface area contributed by atoms with Crippen LogP contribution in [0, 0.1) is 3.57 Å². The lowest BCUT2D eigenvalue weighted by Gasteiger charge is -2.14. The first-order chi connectivity index (χ1) is 14.0. The van der Waals surface area contributed by atoms with Crippen molar-refractivity contribution in [1.82, 2.24) is 15.2 Å². The number of nitrogens with one attached hydrogen (secondary N) is 1. The molecule has 0 saturated carbocycles. The van der Waals surface area contributed by atoms with Gasteiger partial charge in [0, 0.05) is 33.0 Å². The Morgan fingerprint density at radius 3 is 2.23 bits per heavy atom. The van der Waals surface area contributed by atoms with Crippen LogP contribution in [0.4, 0.5) is 0 Å². The Morgan fingerprint density at radius 1 is 0.903 bits per heavy atom. The average molecular weight is 568 g/mol. The molecule has 0 fully saturated rings. The molecular weight excluding hydrogens is 544 g/mol. The summed E-state index contributed by atoms with van der Waals surface area (Å²) in [5, 5.41) is 6.21. The first-order valence-corrected chi connectivity index (χ1v) is 10.6. The highest BCUT2D eigenvalue weighted by atomic mass is 127. The molecule has 4 rings (SSSR count). The Morgan fingerprint density at radius 2 is 1.55 bits per heavy atom. The lowest BCUT2D eigenvalue weighted by molar-refractivity contribution is 0.0952. The molecule has 1 heterocycles. The van der Waals surface area contributed by atoms with Crippen molar-refractivity contribution < 1.29 is 4.79 Å². The molecule has 4 nitrogen and oxygen atoms in total. The van der Waals surface area contributed by atoms with Gasteiger partial charge in [-0.15, -0.1) is 24.8 Å². The van der Waals surface area contributed by atoms with Gasteiger partial charge in [0.25, 0.3) is 5.91 Å². The minimum atomic E-state index is -0.0891. The number of halogens is 3. The first-order valence-electron chi connectivity index (χ1n) is 9.55. The van der Waals surface area contributed by atoms with E-state index in [-0.39, 0.29) is 30.7 Å². The molecule has 0 unspecified atom stereocenters. The van der Waals surface area contributed by atoms with Crippen molar-refractivity contribution in [3.8, 4) is 11.3 Å². The Kier molecular flexibility index (Phi) is 9.06. The fourth-order valence-electron chi connectivity index (χ4n) is 3.48. The molecule has 0 spiro atoms. The van der Waals surface area contributed by atoms with E-state index < -0.39 is 0 Å². The molecule has 0 radical (unpaired) electrons. The van der Waals surface area contributed by atoms with Gasteiger partial charge in [0.2, 0.25) is 0 Å². The number of benzene rings is 3. The molecule has 1 N–H and O–H groups in total. The topological polar surface area (TPSA) is 45.2 Å². The van der Waals surface area contributed by atoms with Crippen LogP contribution in [-0.2, 0) is 0 Å². The minimum Gasteiger partial charge on any atom is -0.351 e. The second kappa shape index (κ2) is 11.1. The predicted molar refractivity (Wildman–Crippen MR) is 143 cm³/mol. The van der Waals surface area contributed by atoms with Crippen LogP contribution in [0.2, 0.25) is 0 Å². The van der Waals surface area contributed by atoms with E-state index in [0.717, 1.165) is 39.5 Å². The van der Waals surface area contributed by atoms with Crippen molar-refractivity contribution in [3.05, 3.63) is 75.9 Å². The summed E-state index contributed by atoms with van der Waals surface area (Å²) in [5.74, 6) is -0.0891. The normalized spacial score (nSPS) is 10.6. The van der Waals surface area contributed by atoms with E-state index in [9.17, 15) is 4.79 Å². The van der Waals surface area contributed by atoms with E-state index in [1.165, 1.54) is 3.57 Å². The summed E-state index contributed by atoms with van der Waals surface area (Å²) < 4.78 is 1.18. The summed E-state index contributed by atoms with van der Waals surface area (Å²) in [6.07, 6.45) is 0. The van der Waals surface area contributed by atoms with E-state index >= 15 is 0 Å². The summed E-state index contributed by atoms with van der Waals surface area (Å²) in [4.78, 5) is 19.9. The standard InChI is InChI=1S/C24H22IN3O.2ClH/c1-28(2)15-14-26-24(29)21-9-5-8-20-18-6-3-4-7-19(18)22(27-23(20)21)16-10-12-17(25)13-11-16;;/h3-13H,14-15H2,1-2H3,(H,26,29);2*1H. The van der Waals surface area contributed by atoms with Gasteiger partial charge in [0.1, 0.15) is 0 Å². The molecular formula is C24H24Cl2IN3O. The van der Waals surface area contributed by atoms with E-state index in [0.29, 0.717) is 12.1 Å². The van der Waals surface area contributed by atoms with E-state index in [4.69, 9.17) is 4.98 Å². The number of amides is 1. The van der Waals surface area contributed by atoms with E-state index in [1.807, 2.05) is 49.3 Å². The Hall–Kier alpha value is -1.93. The zero-order valence-electron chi connectivity index (χ0n) is 17.3. The van der Waals surface area contributed by atoms with E-state index in [1.54, 1.807) is 0 Å². The minimum absolute atomic E-state index is 0. The fraction of sp³-hybridized carbons (Fsp3) is 0.167. The summed E-state index contributed by atoms with van der Waals surface area (Å²) in [6.45, 7) is 1.39. The maximum Gasteiger partial charge on any atom is 0.253 e. The molecule has 31 heavy (non-hydrogen) atoms. The highest BCUT2D eigenvalue weighted by molar-refractivity contribution is 14.1. The van der Waals surface area contributed by atoms with Gasteiger partial charge in [-0.25, -0.2) is 4.98 Å². The van der Waals surface area contributed by atoms with Crippen LogP contribution in [-0.4, -0.2) is 43.0 Å². The van der Waals surface area contributed by atoms with Crippen molar-refractivity contribution in [2.75, 3.05) is 27.2 Å². The van der Waals surface area contributed by atoms with Gasteiger partial charge in [0.05, 0.1) is 16.8 Å². The number of carbonyl (C=O) groups excluding carboxylic acids is 1. The Labute approximate surface area is 208 Å². The SMILES string of the molecule is CN(C)CCNC(=O)c1cccc2c1nc(-c1ccc(I)cc1)c1ccccc12.Cl.Cl. The third-order valence-corrected chi connectivity index (χ3v) is 5.66. The highest BCUT2D eigenvalue weighted by Gasteiger charge is 2.16. The number of pyridine rings is 1. The number of para-hydroxylation sites is 1. The first kappa shape index (κ1) is 25.3. The van der Waals surface area contributed by atoms with Crippen LogP contribution in [0.5, 0.6) is 0 Å². The van der Waals surface area contributed by atoms with Crippen LogP contribution in [0.15, 0.2) is 66.7 Å². The van der Waals surface area contributed by atoms with Crippen molar-refractivity contribution >= 4 is 75.0 Å². The lowest BCUT2D eigenvalue weighted by Crippen LogP contribution is -2.31. The Bertz CT molecular complexity index is 1200. The van der Waals surface area contributed by atoms with Gasteiger partial charge in [0.15, 0.2) is 0 Å². The number of likely N-dealkylation sites (N-methyl/N-ethyl adjacent to an activating group) is 1. The number of aromatic nitrogens is 1. The van der Waals surface area contributed by atoms with Gasteiger partial charge in [-0.05, 0) is 60.3 Å². The van der Waals surface area contributed by atoms with Gasteiger partial charge in [-0.1, -0.05) is 48.5 Å². The molecule has 0 atom stereocenters. The quantitative estimate of drug-likeness (QED) is 0.245. The summed E-state index contributed by atoms with van der Waals surface area (Å²) in [6, 6.07) is 22.4. The second-order valence-electron chi connectivity index (χ2n) is 7.27. The van der Waals surface area contributed by atoms with Gasteiger partial charge in [-0.3, -0.25) is 4.79 Å². The molecule has 0 saturated heterocycles. The van der Waals surface area contributed by atoms with Crippen molar-refractivity contribution in [3.63, 3.8) is 0 Å². The monoisotopic (exact) mass is 567 g/mol. The number of nitrogens with zero attached hydrogens (tertiary/aromatic N) is 2. The maximum atomic E-state index is 12.9. The van der Waals surface area contributed by atoms with Crippen LogP contribution in [0.1, 0.15) is 10.4 Å². The summed E-state index contributed by atoms with van der Waals surface area (Å²) in [5.41, 5.74) is 3.30. The van der Waals surface area contributed by atoms with Crippen LogP contribution < -0.4 is 5.32 Å². The third kappa shape index (κ3) is 5.47. The molecule has 7 heteroatoms. The number of hydrogen-bond acceptors (Lipinski definition) is 3. The highest BCUT2D eigenvalue weighted by Crippen LogP contribution is 2.33. The molecule has 1 aromatic heterocycles. The molecule has 162 valence electrons. The second-order valence-corrected chi connectivity index (χ2v) is 8.52. The number of carbonyl (C=O) groups is 1. The molecule has 0 aliphatic carbocycles. The van der Waals surface area contributed by atoms with Gasteiger partial charge < -0.3 is 10.2 Å². The maximum absolute atomic E-state index is 12.9. The van der Waals surface area contributed by atoms with Crippen molar-refractivity contribution in [1.29, 1.82) is 0 Å². The van der Waals surface area contributed by atoms with Crippen LogP contribution in [0.25, 0.3) is 32.9 Å². The van der Waals surface area contributed by atoms with Crippen LogP contribution >= 0.6 is 47.4 Å². The molecule has 0 aliphatic heterocycles. The van der Waals surface area contributed by atoms with Gasteiger partial charge >= 0.3 is 0 Å². The Balaban J connectivity index is 0.00000171. The molecule has 1 amide bonds. The average Bonchev–Trinajstić information content (AvgIpc) is 2.73. The van der Waals surface area contributed by atoms with Crippen LogP contribution in [0.3, 0.4) is 0 Å². The zero-order valence-corrected chi connectivity index (χ0v) is 21.1. The summed E-state index contributed by atoms with van der Waals surface area (Å²) >= 11 is 2.30.